The minimum Gasteiger partial charge on any atom is -0.497 e. The molecular weight excluding hydrogens is 396 g/mol. The van der Waals surface area contributed by atoms with Crippen LogP contribution in [0.2, 0.25) is 0 Å². The Morgan fingerprint density at radius 2 is 1.45 bits per heavy atom. The van der Waals surface area contributed by atoms with Gasteiger partial charge in [0, 0.05) is 11.6 Å². The summed E-state index contributed by atoms with van der Waals surface area (Å²) in [7, 11) is 2.81. The number of methoxy groups -OCH3 is 2. The molecule has 2 aromatic rings. The molecule has 1 atom stereocenters. The van der Waals surface area contributed by atoms with E-state index in [4.69, 9.17) is 18.9 Å². The summed E-state index contributed by atoms with van der Waals surface area (Å²) in [5.41, 5.74) is -0.800. The lowest BCUT2D eigenvalue weighted by Crippen LogP contribution is -2.44. The summed E-state index contributed by atoms with van der Waals surface area (Å²) in [5.74, 6) is 0.449. The number of Topliss-reactive ketones (excluding diaryl/α,β-unsaturated/α-hetero) is 1. The Balaban J connectivity index is 2.67. The van der Waals surface area contributed by atoms with Gasteiger partial charge >= 0.3 is 5.97 Å². The summed E-state index contributed by atoms with van der Waals surface area (Å²) in [5, 5.41) is 0. The van der Waals surface area contributed by atoms with E-state index in [0.29, 0.717) is 28.4 Å². The van der Waals surface area contributed by atoms with Crippen LogP contribution in [0.15, 0.2) is 67.8 Å². The lowest BCUT2D eigenvalue weighted by atomic mass is 9.72. The zero-order chi connectivity index (χ0) is 22.9. The summed E-state index contributed by atoms with van der Waals surface area (Å²) in [6.45, 7) is 9.58. The van der Waals surface area contributed by atoms with Crippen LogP contribution in [0.3, 0.4) is 0 Å². The molecule has 6 heteroatoms. The first-order valence-electron chi connectivity index (χ1n) is 9.87. The Bertz CT molecular complexity index is 901. The van der Waals surface area contributed by atoms with Crippen LogP contribution in [-0.4, -0.2) is 39.2 Å². The summed E-state index contributed by atoms with van der Waals surface area (Å²) in [4.78, 5) is 26.8. The van der Waals surface area contributed by atoms with E-state index in [0.717, 1.165) is 0 Å². The Hall–Kier alpha value is -3.54. The molecule has 0 fully saturated rings. The second-order valence-electron chi connectivity index (χ2n) is 6.70. The first kappa shape index (κ1) is 23.7. The molecule has 164 valence electrons. The fourth-order valence-electron chi connectivity index (χ4n) is 3.31. The number of ether oxygens (including phenoxy) is 4. The third-order valence-electron chi connectivity index (χ3n) is 4.91. The zero-order valence-corrected chi connectivity index (χ0v) is 18.2. The van der Waals surface area contributed by atoms with Crippen LogP contribution in [0.1, 0.15) is 29.3 Å². The number of benzene rings is 2. The molecule has 0 spiro atoms. The van der Waals surface area contributed by atoms with E-state index in [-0.39, 0.29) is 25.4 Å². The smallest absolute Gasteiger partial charge is 0.324 e. The molecule has 0 aromatic heterocycles. The van der Waals surface area contributed by atoms with Crippen molar-refractivity contribution in [3.05, 3.63) is 78.9 Å². The highest BCUT2D eigenvalue weighted by Crippen LogP contribution is 2.38. The lowest BCUT2D eigenvalue weighted by Gasteiger charge is -2.30. The van der Waals surface area contributed by atoms with Crippen molar-refractivity contribution in [3.63, 3.8) is 0 Å². The van der Waals surface area contributed by atoms with Gasteiger partial charge in [0.15, 0.2) is 11.2 Å². The topological polar surface area (TPSA) is 71.1 Å². The average Bonchev–Trinajstić information content (AvgIpc) is 2.81. The molecule has 2 aromatic carbocycles. The van der Waals surface area contributed by atoms with Crippen molar-refractivity contribution in [2.75, 3.05) is 27.4 Å². The van der Waals surface area contributed by atoms with E-state index in [1.165, 1.54) is 7.11 Å². The van der Waals surface area contributed by atoms with Gasteiger partial charge in [-0.25, -0.2) is 0 Å². The number of carbonyl (C=O) groups excluding carboxylic acids is 2. The van der Waals surface area contributed by atoms with E-state index in [1.54, 1.807) is 68.7 Å². The van der Waals surface area contributed by atoms with Gasteiger partial charge in [-0.15, -0.1) is 0 Å². The van der Waals surface area contributed by atoms with Crippen LogP contribution in [0.4, 0.5) is 0 Å². The zero-order valence-electron chi connectivity index (χ0n) is 18.2. The van der Waals surface area contributed by atoms with Crippen molar-refractivity contribution in [1.29, 1.82) is 0 Å². The van der Waals surface area contributed by atoms with Gasteiger partial charge in [0.25, 0.3) is 0 Å². The van der Waals surface area contributed by atoms with Gasteiger partial charge < -0.3 is 18.9 Å². The summed E-state index contributed by atoms with van der Waals surface area (Å²) in [6.07, 6.45) is 3.38. The molecule has 0 saturated carbocycles. The van der Waals surface area contributed by atoms with Crippen LogP contribution in [0.5, 0.6) is 17.2 Å². The van der Waals surface area contributed by atoms with Crippen LogP contribution >= 0.6 is 0 Å². The highest BCUT2D eigenvalue weighted by molar-refractivity contribution is 6.17. The van der Waals surface area contributed by atoms with Crippen molar-refractivity contribution in [1.82, 2.24) is 0 Å². The third-order valence-corrected chi connectivity index (χ3v) is 4.91. The lowest BCUT2D eigenvalue weighted by molar-refractivity contribution is -0.145. The number of esters is 1. The number of hydrogen-bond donors (Lipinski definition) is 0. The molecule has 0 amide bonds. The normalized spacial score (nSPS) is 12.2. The first-order chi connectivity index (χ1) is 15.0. The molecule has 0 bridgehead atoms. The summed E-state index contributed by atoms with van der Waals surface area (Å²) in [6, 6.07) is 11.6. The van der Waals surface area contributed by atoms with Gasteiger partial charge in [-0.3, -0.25) is 9.59 Å². The molecule has 2 rings (SSSR count). The Labute approximate surface area is 183 Å². The molecule has 31 heavy (non-hydrogen) atoms. The fourth-order valence-corrected chi connectivity index (χ4v) is 3.31. The van der Waals surface area contributed by atoms with Crippen molar-refractivity contribution in [2.24, 2.45) is 0 Å². The van der Waals surface area contributed by atoms with E-state index >= 15 is 0 Å². The minimum absolute atomic E-state index is 0.177. The monoisotopic (exact) mass is 424 g/mol. The Kier molecular flexibility index (Phi) is 8.43. The van der Waals surface area contributed by atoms with E-state index in [9.17, 15) is 9.59 Å². The maximum Gasteiger partial charge on any atom is 0.324 e. The fraction of sp³-hybridized carbons (Fsp3) is 0.280. The third kappa shape index (κ3) is 5.15. The van der Waals surface area contributed by atoms with Gasteiger partial charge in [-0.1, -0.05) is 32.2 Å². The van der Waals surface area contributed by atoms with Crippen molar-refractivity contribution >= 4 is 11.8 Å². The maximum atomic E-state index is 13.7. The second kappa shape index (κ2) is 11.0. The molecule has 0 radical (unpaired) electrons. The van der Waals surface area contributed by atoms with Crippen molar-refractivity contribution in [3.8, 4) is 17.2 Å². The quantitative estimate of drug-likeness (QED) is 0.216. The molecule has 0 aliphatic heterocycles. The van der Waals surface area contributed by atoms with Gasteiger partial charge in [-0.2, -0.15) is 0 Å². The Morgan fingerprint density at radius 3 is 1.87 bits per heavy atom. The minimum atomic E-state index is -1.58. The molecular formula is C25H28O6. The Morgan fingerprint density at radius 1 is 0.903 bits per heavy atom. The molecule has 0 saturated heterocycles. The highest BCUT2D eigenvalue weighted by atomic mass is 16.5. The molecule has 0 N–H and O–H groups in total. The molecule has 0 aliphatic carbocycles. The highest BCUT2D eigenvalue weighted by Gasteiger charge is 2.48. The predicted octanol–water partition coefficient (Wildman–Crippen LogP) is 4.53. The van der Waals surface area contributed by atoms with E-state index < -0.39 is 11.4 Å². The van der Waals surface area contributed by atoms with Crippen LogP contribution < -0.4 is 14.2 Å². The molecule has 6 nitrogen and oxygen atoms in total. The number of rotatable bonds is 12. The number of hydrogen-bond acceptors (Lipinski definition) is 6. The van der Waals surface area contributed by atoms with Crippen LogP contribution in [0.25, 0.3) is 0 Å². The summed E-state index contributed by atoms with van der Waals surface area (Å²) >= 11 is 0. The number of ketones is 1. The average molecular weight is 424 g/mol. The van der Waals surface area contributed by atoms with Crippen LogP contribution in [-0.2, 0) is 14.9 Å². The number of carbonyl (C=O) groups is 2. The first-order valence-corrected chi connectivity index (χ1v) is 9.87. The van der Waals surface area contributed by atoms with Gasteiger partial charge in [0.1, 0.15) is 30.5 Å². The summed E-state index contributed by atoms with van der Waals surface area (Å²) < 4.78 is 21.6. The van der Waals surface area contributed by atoms with Gasteiger partial charge in [0.2, 0.25) is 0 Å². The standard InChI is InChI=1S/C25H28O6/c1-6-13-30-21-15-19(16-22(17-21)31-14-7-2)25(8-3,24(27)29-5)23(26)18-9-11-20(28-4)12-10-18/h6-7,9-12,15-17H,1-2,8,13-14H2,3-5H3. The largest absolute Gasteiger partial charge is 0.497 e. The van der Waals surface area contributed by atoms with Crippen molar-refractivity contribution < 1.29 is 28.5 Å². The maximum absolute atomic E-state index is 13.7. The van der Waals surface area contributed by atoms with Crippen LogP contribution in [0, 0.1) is 0 Å². The SMILES string of the molecule is C=CCOc1cc(OCC=C)cc(C(CC)(C(=O)OC)C(=O)c2ccc(OC)cc2)c1. The molecule has 0 aliphatic rings. The second-order valence-corrected chi connectivity index (χ2v) is 6.70. The van der Waals surface area contributed by atoms with E-state index in [2.05, 4.69) is 13.2 Å². The van der Waals surface area contributed by atoms with E-state index in [1.807, 2.05) is 0 Å². The van der Waals surface area contributed by atoms with Gasteiger partial charge in [0.05, 0.1) is 14.2 Å². The molecule has 1 unspecified atom stereocenters. The van der Waals surface area contributed by atoms with Crippen molar-refractivity contribution in [2.45, 2.75) is 18.8 Å². The molecule has 0 heterocycles. The van der Waals surface area contributed by atoms with Gasteiger partial charge in [-0.05, 0) is 48.4 Å². The predicted molar refractivity (Wildman–Crippen MR) is 119 cm³/mol.